The van der Waals surface area contributed by atoms with Crippen LogP contribution in [0.25, 0.3) is 0 Å². The lowest BCUT2D eigenvalue weighted by atomic mass is 10.0. The van der Waals surface area contributed by atoms with Crippen LogP contribution in [0.5, 0.6) is 0 Å². The number of anilines is 2. The second-order valence-corrected chi connectivity index (χ2v) is 8.15. The van der Waals surface area contributed by atoms with Gasteiger partial charge in [0.15, 0.2) is 0 Å². The minimum absolute atomic E-state index is 0.227. The van der Waals surface area contributed by atoms with Crippen LogP contribution in [0.1, 0.15) is 26.3 Å². The number of hydrogen-bond acceptors (Lipinski definition) is 5. The van der Waals surface area contributed by atoms with E-state index in [1.807, 2.05) is 19.9 Å². The number of nitrogens with one attached hydrogen (secondary N) is 3. The molecule has 170 valence electrons. The minimum Gasteiger partial charge on any atom is -0.343 e. The number of halogens is 1. The fourth-order valence-corrected chi connectivity index (χ4v) is 3.59. The lowest BCUT2D eigenvalue weighted by Gasteiger charge is -2.31. The fraction of sp³-hybridized carbons (Fsp3) is 0.391. The van der Waals surface area contributed by atoms with Crippen molar-refractivity contribution in [2.45, 2.75) is 45.3 Å². The summed E-state index contributed by atoms with van der Waals surface area (Å²) in [6.45, 7) is 5.34. The van der Waals surface area contributed by atoms with Gasteiger partial charge in [0.2, 0.25) is 11.8 Å². The molecular weight excluding hydrogens is 413 g/mol. The normalized spacial score (nSPS) is 16.9. The Morgan fingerprint density at radius 2 is 1.91 bits per heavy atom. The SMILES string of the molecule is CN[C@@H](C)C(=O)N[C@H](C(=O)N1c2ncccc2C[C@H]1C(=O)Nc1cccc(F)c1)C(C)C. The molecule has 2 heterocycles. The van der Waals surface area contributed by atoms with Gasteiger partial charge in [-0.25, -0.2) is 9.37 Å². The first kappa shape index (κ1) is 23.3. The molecule has 0 aliphatic carbocycles. The number of nitrogens with zero attached hydrogens (tertiary/aromatic N) is 2. The van der Waals surface area contributed by atoms with E-state index in [0.29, 0.717) is 11.5 Å². The summed E-state index contributed by atoms with van der Waals surface area (Å²) in [4.78, 5) is 44.9. The highest BCUT2D eigenvalue weighted by Gasteiger charge is 2.43. The first-order chi connectivity index (χ1) is 15.2. The number of benzene rings is 1. The summed E-state index contributed by atoms with van der Waals surface area (Å²) in [7, 11) is 1.66. The number of carbonyl (C=O) groups excluding carboxylic acids is 3. The molecule has 0 spiro atoms. The van der Waals surface area contributed by atoms with Gasteiger partial charge in [0.1, 0.15) is 23.7 Å². The number of aromatic nitrogens is 1. The maximum atomic E-state index is 13.6. The van der Waals surface area contributed by atoms with E-state index in [1.165, 1.54) is 23.1 Å². The number of rotatable bonds is 7. The molecule has 0 radical (unpaired) electrons. The maximum absolute atomic E-state index is 13.6. The van der Waals surface area contributed by atoms with Crippen molar-refractivity contribution in [1.82, 2.24) is 15.6 Å². The van der Waals surface area contributed by atoms with Crippen molar-refractivity contribution in [3.63, 3.8) is 0 Å². The van der Waals surface area contributed by atoms with Crippen molar-refractivity contribution in [3.05, 3.63) is 54.0 Å². The Bertz CT molecular complexity index is 1010. The van der Waals surface area contributed by atoms with Crippen LogP contribution in [-0.4, -0.2) is 47.9 Å². The van der Waals surface area contributed by atoms with Gasteiger partial charge in [-0.3, -0.25) is 19.3 Å². The Hall–Kier alpha value is -3.33. The van der Waals surface area contributed by atoms with Gasteiger partial charge in [0, 0.05) is 18.3 Å². The molecule has 0 saturated heterocycles. The van der Waals surface area contributed by atoms with E-state index in [0.717, 1.165) is 5.56 Å². The molecule has 3 amide bonds. The molecule has 0 fully saturated rings. The summed E-state index contributed by atoms with van der Waals surface area (Å²) in [6.07, 6.45) is 1.82. The third kappa shape index (κ3) is 4.94. The summed E-state index contributed by atoms with van der Waals surface area (Å²) in [5.74, 6) is -1.52. The van der Waals surface area contributed by atoms with Crippen molar-refractivity contribution in [3.8, 4) is 0 Å². The van der Waals surface area contributed by atoms with Crippen LogP contribution in [-0.2, 0) is 20.8 Å². The Morgan fingerprint density at radius 1 is 1.16 bits per heavy atom. The van der Waals surface area contributed by atoms with Crippen LogP contribution in [0.15, 0.2) is 42.6 Å². The van der Waals surface area contributed by atoms with Crippen LogP contribution in [0.2, 0.25) is 0 Å². The number of fused-ring (bicyclic) bond motifs is 1. The average Bonchev–Trinajstić information content (AvgIpc) is 3.16. The van der Waals surface area contributed by atoms with Gasteiger partial charge in [-0.15, -0.1) is 0 Å². The van der Waals surface area contributed by atoms with Gasteiger partial charge in [-0.1, -0.05) is 26.0 Å². The fourth-order valence-electron chi connectivity index (χ4n) is 3.59. The van der Waals surface area contributed by atoms with Gasteiger partial charge in [0.25, 0.3) is 5.91 Å². The quantitative estimate of drug-likeness (QED) is 0.609. The third-order valence-electron chi connectivity index (χ3n) is 5.51. The maximum Gasteiger partial charge on any atom is 0.251 e. The highest BCUT2D eigenvalue weighted by Crippen LogP contribution is 2.32. The third-order valence-corrected chi connectivity index (χ3v) is 5.51. The van der Waals surface area contributed by atoms with E-state index in [1.54, 1.807) is 32.3 Å². The highest BCUT2D eigenvalue weighted by molar-refractivity contribution is 6.09. The first-order valence-electron chi connectivity index (χ1n) is 10.5. The van der Waals surface area contributed by atoms with Crippen molar-refractivity contribution in [1.29, 1.82) is 0 Å². The molecule has 0 saturated carbocycles. The van der Waals surface area contributed by atoms with E-state index in [9.17, 15) is 18.8 Å². The monoisotopic (exact) mass is 441 g/mol. The van der Waals surface area contributed by atoms with Gasteiger partial charge in [-0.2, -0.15) is 0 Å². The Labute approximate surface area is 186 Å². The molecule has 3 rings (SSSR count). The molecule has 32 heavy (non-hydrogen) atoms. The molecule has 8 nitrogen and oxygen atoms in total. The summed E-state index contributed by atoms with van der Waals surface area (Å²) < 4.78 is 13.6. The molecule has 1 aromatic heterocycles. The Kier molecular flexibility index (Phi) is 7.19. The van der Waals surface area contributed by atoms with Gasteiger partial charge >= 0.3 is 0 Å². The zero-order valence-corrected chi connectivity index (χ0v) is 18.6. The predicted molar refractivity (Wildman–Crippen MR) is 120 cm³/mol. The van der Waals surface area contributed by atoms with Crippen LogP contribution < -0.4 is 20.9 Å². The number of carbonyl (C=O) groups is 3. The first-order valence-corrected chi connectivity index (χ1v) is 10.5. The van der Waals surface area contributed by atoms with Gasteiger partial charge in [0.05, 0.1) is 6.04 Å². The predicted octanol–water partition coefficient (Wildman–Crippen LogP) is 1.87. The molecular formula is C23H28FN5O3. The molecule has 1 aromatic carbocycles. The lowest BCUT2D eigenvalue weighted by molar-refractivity contribution is -0.130. The minimum atomic E-state index is -0.879. The van der Waals surface area contributed by atoms with Crippen molar-refractivity contribution < 1.29 is 18.8 Å². The van der Waals surface area contributed by atoms with Crippen molar-refractivity contribution in [2.75, 3.05) is 17.3 Å². The van der Waals surface area contributed by atoms with Gasteiger partial charge in [-0.05, 0) is 49.7 Å². The average molecular weight is 442 g/mol. The Morgan fingerprint density at radius 3 is 2.56 bits per heavy atom. The van der Waals surface area contributed by atoms with Crippen molar-refractivity contribution in [2.24, 2.45) is 5.92 Å². The van der Waals surface area contributed by atoms with Crippen LogP contribution in [0.4, 0.5) is 15.9 Å². The second-order valence-electron chi connectivity index (χ2n) is 8.15. The highest BCUT2D eigenvalue weighted by atomic mass is 19.1. The second kappa shape index (κ2) is 9.86. The largest absolute Gasteiger partial charge is 0.343 e. The van der Waals surface area contributed by atoms with Crippen LogP contribution in [0.3, 0.4) is 0 Å². The summed E-state index contributed by atoms with van der Waals surface area (Å²) in [5, 5.41) is 8.32. The summed E-state index contributed by atoms with van der Waals surface area (Å²) in [5.41, 5.74) is 1.04. The number of likely N-dealkylation sites (N-methyl/N-ethyl adjacent to an activating group) is 1. The van der Waals surface area contributed by atoms with Crippen LogP contribution >= 0.6 is 0 Å². The summed E-state index contributed by atoms with van der Waals surface area (Å²) in [6, 6.07) is 6.89. The molecule has 0 unspecified atom stereocenters. The topological polar surface area (TPSA) is 103 Å². The van der Waals surface area contributed by atoms with Crippen LogP contribution in [0, 0.1) is 11.7 Å². The molecule has 1 aliphatic heterocycles. The zero-order chi connectivity index (χ0) is 23.4. The molecule has 0 bridgehead atoms. The van der Waals surface area contributed by atoms with Crippen molar-refractivity contribution >= 4 is 29.2 Å². The smallest absolute Gasteiger partial charge is 0.251 e. The van der Waals surface area contributed by atoms with Gasteiger partial charge < -0.3 is 16.0 Å². The van der Waals surface area contributed by atoms with E-state index in [2.05, 4.69) is 20.9 Å². The van der Waals surface area contributed by atoms with E-state index in [-0.39, 0.29) is 18.2 Å². The molecule has 3 atom stereocenters. The van der Waals surface area contributed by atoms with E-state index < -0.39 is 35.8 Å². The van der Waals surface area contributed by atoms with E-state index in [4.69, 9.17) is 0 Å². The zero-order valence-electron chi connectivity index (χ0n) is 18.6. The molecule has 9 heteroatoms. The molecule has 3 N–H and O–H groups in total. The lowest BCUT2D eigenvalue weighted by Crippen LogP contribution is -2.57. The molecule has 1 aliphatic rings. The standard InChI is InChI=1S/C23H28FN5O3/c1-13(2)19(28-21(30)14(3)25-4)23(32)29-18(11-15-7-6-10-26-20(15)29)22(31)27-17-9-5-8-16(24)12-17/h5-10,12-14,18-19,25H,11H2,1-4H3,(H,27,31)(H,28,30)/t14-,18-,19-/m0/s1. The summed E-state index contributed by atoms with van der Waals surface area (Å²) >= 11 is 0. The number of pyridine rings is 1. The van der Waals surface area contributed by atoms with E-state index >= 15 is 0 Å². The number of hydrogen-bond donors (Lipinski definition) is 3. The molecule has 2 aromatic rings. The Balaban J connectivity index is 1.90. The number of amides is 3.